The molecule has 0 aromatic carbocycles. The summed E-state index contributed by atoms with van der Waals surface area (Å²) in [6.07, 6.45) is -4.83. The Morgan fingerprint density at radius 3 is 1.93 bits per heavy atom. The molecule has 1 amide bonds. The number of halogens is 3. The first-order valence-corrected chi connectivity index (χ1v) is 9.04. The van der Waals surface area contributed by atoms with Crippen LogP contribution in [0.25, 0.3) is 0 Å². The second kappa shape index (κ2) is 10.4. The minimum atomic E-state index is -2.33. The number of nitrogens with one attached hydrogen (secondary N) is 1. The first kappa shape index (κ1) is 24.7. The van der Waals surface area contributed by atoms with E-state index in [2.05, 4.69) is 5.32 Å². The molecular formula is C15H20Cl3NO9. The molecule has 160 valence electrons. The van der Waals surface area contributed by atoms with Gasteiger partial charge in [-0.15, -0.1) is 0 Å². The summed E-state index contributed by atoms with van der Waals surface area (Å²) in [5.41, 5.74) is 0. The highest BCUT2D eigenvalue weighted by atomic mass is 35.6. The van der Waals surface area contributed by atoms with Gasteiger partial charge in [0.15, 0.2) is 18.5 Å². The fourth-order valence-electron chi connectivity index (χ4n) is 2.49. The van der Waals surface area contributed by atoms with Crippen LogP contribution in [0.4, 0.5) is 0 Å². The van der Waals surface area contributed by atoms with Gasteiger partial charge in [0, 0.05) is 27.9 Å². The molecule has 1 N–H and O–H groups in total. The summed E-state index contributed by atoms with van der Waals surface area (Å²) >= 11 is 16.7. The number of carbonyl (C=O) groups excluding carboxylic acids is 4. The van der Waals surface area contributed by atoms with Gasteiger partial charge in [0.2, 0.25) is 0 Å². The second-order valence-electron chi connectivity index (χ2n) is 5.73. The lowest BCUT2D eigenvalue weighted by molar-refractivity contribution is -0.271. The van der Waals surface area contributed by atoms with Gasteiger partial charge in [-0.05, 0) is 0 Å². The summed E-state index contributed by atoms with van der Waals surface area (Å²) in [6, 6.07) is -1.21. The maximum atomic E-state index is 12.1. The highest BCUT2D eigenvalue weighted by Gasteiger charge is 2.52. The lowest BCUT2D eigenvalue weighted by atomic mass is 9.96. The lowest BCUT2D eigenvalue weighted by Gasteiger charge is -2.44. The second-order valence-corrected chi connectivity index (χ2v) is 8.01. The molecule has 0 aromatic heterocycles. The van der Waals surface area contributed by atoms with E-state index in [1.165, 1.54) is 14.0 Å². The van der Waals surface area contributed by atoms with Crippen molar-refractivity contribution in [2.75, 3.05) is 13.7 Å². The van der Waals surface area contributed by atoms with Crippen LogP contribution in [-0.4, -0.2) is 72.0 Å². The van der Waals surface area contributed by atoms with Crippen LogP contribution in [0.3, 0.4) is 0 Å². The van der Waals surface area contributed by atoms with Crippen LogP contribution >= 0.6 is 34.8 Å². The van der Waals surface area contributed by atoms with Gasteiger partial charge in [-0.25, -0.2) is 0 Å². The van der Waals surface area contributed by atoms with Crippen molar-refractivity contribution in [3.8, 4) is 0 Å². The molecule has 0 saturated carbocycles. The molecule has 0 aromatic rings. The summed E-state index contributed by atoms with van der Waals surface area (Å²) in [7, 11) is 1.25. The summed E-state index contributed by atoms with van der Waals surface area (Å²) in [5, 5.41) is 2.34. The van der Waals surface area contributed by atoms with Gasteiger partial charge in [-0.3, -0.25) is 19.2 Å². The van der Waals surface area contributed by atoms with Gasteiger partial charge in [0.25, 0.3) is 9.70 Å². The maximum absolute atomic E-state index is 12.1. The van der Waals surface area contributed by atoms with E-state index >= 15 is 0 Å². The molecule has 1 aliphatic heterocycles. The average Bonchev–Trinajstić information content (AvgIpc) is 2.54. The van der Waals surface area contributed by atoms with Crippen LogP contribution < -0.4 is 5.32 Å². The maximum Gasteiger partial charge on any atom is 0.303 e. The van der Waals surface area contributed by atoms with E-state index < -0.39 is 58.3 Å². The third-order valence-electron chi connectivity index (χ3n) is 3.49. The molecular weight excluding hydrogens is 445 g/mol. The number of carbonyl (C=O) groups is 4. The topological polar surface area (TPSA) is 126 Å². The third-order valence-corrected chi connectivity index (χ3v) is 4.00. The van der Waals surface area contributed by atoms with Crippen molar-refractivity contribution in [2.45, 2.75) is 55.2 Å². The SMILES string of the molecule is COC1O[C@H](COC(C)=O)[C@@H](OC(C)=O)[C@H](OC(C)=O)[C@H]1NC(=O)C(Cl)(Cl)Cl. The molecule has 1 heterocycles. The quantitative estimate of drug-likeness (QED) is 0.342. The Bertz CT molecular complexity index is 610. The molecule has 0 bridgehead atoms. The van der Waals surface area contributed by atoms with Gasteiger partial charge >= 0.3 is 17.9 Å². The predicted molar refractivity (Wildman–Crippen MR) is 95.6 cm³/mol. The van der Waals surface area contributed by atoms with Crippen LogP contribution in [0.1, 0.15) is 20.8 Å². The zero-order valence-corrected chi connectivity index (χ0v) is 17.7. The molecule has 1 aliphatic rings. The highest BCUT2D eigenvalue weighted by Crippen LogP contribution is 2.30. The van der Waals surface area contributed by atoms with Crippen LogP contribution in [-0.2, 0) is 42.9 Å². The number of hydrogen-bond acceptors (Lipinski definition) is 9. The Morgan fingerprint density at radius 2 is 1.50 bits per heavy atom. The third kappa shape index (κ3) is 7.25. The van der Waals surface area contributed by atoms with E-state index in [1.807, 2.05) is 0 Å². The van der Waals surface area contributed by atoms with Gasteiger partial charge in [-0.1, -0.05) is 34.8 Å². The first-order chi connectivity index (χ1) is 12.9. The Hall–Kier alpha value is -1.33. The number of ether oxygens (including phenoxy) is 5. The van der Waals surface area contributed by atoms with Crippen molar-refractivity contribution in [1.82, 2.24) is 5.32 Å². The summed E-state index contributed by atoms with van der Waals surface area (Å²) < 4.78 is 23.8. The molecule has 13 heteroatoms. The molecule has 10 nitrogen and oxygen atoms in total. The van der Waals surface area contributed by atoms with E-state index in [0.29, 0.717) is 0 Å². The van der Waals surface area contributed by atoms with Crippen LogP contribution in [0, 0.1) is 0 Å². The normalized spacial score (nSPS) is 27.5. The molecule has 1 fully saturated rings. The Morgan fingerprint density at radius 1 is 0.964 bits per heavy atom. The molecule has 1 saturated heterocycles. The number of alkyl halides is 3. The highest BCUT2D eigenvalue weighted by molar-refractivity contribution is 6.76. The number of hydrogen-bond donors (Lipinski definition) is 1. The van der Waals surface area contributed by atoms with Crippen LogP contribution in [0.5, 0.6) is 0 Å². The van der Waals surface area contributed by atoms with Crippen molar-refractivity contribution >= 4 is 58.6 Å². The Balaban J connectivity index is 3.27. The van der Waals surface area contributed by atoms with E-state index in [1.54, 1.807) is 0 Å². The van der Waals surface area contributed by atoms with Crippen LogP contribution in [0.15, 0.2) is 0 Å². The zero-order valence-electron chi connectivity index (χ0n) is 15.4. The lowest BCUT2D eigenvalue weighted by Crippen LogP contribution is -2.67. The molecule has 5 atom stereocenters. The minimum absolute atomic E-state index is 0.337. The predicted octanol–water partition coefficient (Wildman–Crippen LogP) is 0.639. The van der Waals surface area contributed by atoms with Crippen molar-refractivity contribution in [3.05, 3.63) is 0 Å². The van der Waals surface area contributed by atoms with E-state index in [0.717, 1.165) is 13.8 Å². The molecule has 1 rings (SSSR count). The number of amides is 1. The fraction of sp³-hybridized carbons (Fsp3) is 0.733. The van der Waals surface area contributed by atoms with E-state index in [-0.39, 0.29) is 6.61 Å². The number of esters is 3. The molecule has 0 radical (unpaired) electrons. The zero-order chi connectivity index (χ0) is 21.6. The summed E-state index contributed by atoms with van der Waals surface area (Å²) in [6.45, 7) is 3.06. The largest absolute Gasteiger partial charge is 0.463 e. The van der Waals surface area contributed by atoms with Gasteiger partial charge in [-0.2, -0.15) is 0 Å². The van der Waals surface area contributed by atoms with E-state index in [4.69, 9.17) is 58.5 Å². The average molecular weight is 465 g/mol. The molecule has 28 heavy (non-hydrogen) atoms. The smallest absolute Gasteiger partial charge is 0.303 e. The summed E-state index contributed by atoms with van der Waals surface area (Å²) in [5.74, 6) is -3.15. The molecule has 0 aliphatic carbocycles. The Kier molecular flexibility index (Phi) is 9.22. The number of rotatable bonds is 6. The van der Waals surface area contributed by atoms with Crippen molar-refractivity contribution < 1.29 is 42.9 Å². The van der Waals surface area contributed by atoms with Crippen molar-refractivity contribution in [3.63, 3.8) is 0 Å². The van der Waals surface area contributed by atoms with Crippen molar-refractivity contribution in [1.29, 1.82) is 0 Å². The molecule has 0 spiro atoms. The van der Waals surface area contributed by atoms with Gasteiger partial charge in [0.05, 0.1) is 0 Å². The monoisotopic (exact) mass is 463 g/mol. The molecule has 1 unspecified atom stereocenters. The van der Waals surface area contributed by atoms with Crippen LogP contribution in [0.2, 0.25) is 0 Å². The van der Waals surface area contributed by atoms with Gasteiger partial charge in [0.1, 0.15) is 18.8 Å². The summed E-state index contributed by atoms with van der Waals surface area (Å²) in [4.78, 5) is 46.4. The van der Waals surface area contributed by atoms with Crippen molar-refractivity contribution in [2.24, 2.45) is 0 Å². The van der Waals surface area contributed by atoms with Gasteiger partial charge < -0.3 is 29.0 Å². The Labute approximate surface area is 176 Å². The fourth-order valence-corrected chi connectivity index (χ4v) is 2.65. The number of methoxy groups -OCH3 is 1. The first-order valence-electron chi connectivity index (χ1n) is 7.90. The standard InChI is InChI=1S/C15H20Cl3NO9/c1-6(20)25-5-9-11(26-7(2)21)12(27-8(3)22)10(13(24-4)28-9)19-14(23)15(16,17)18/h9-13H,5H2,1-4H3,(H,19,23)/t9-,10-,11-,12-,13?/m1/s1. The van der Waals surface area contributed by atoms with E-state index in [9.17, 15) is 19.2 Å². The minimum Gasteiger partial charge on any atom is -0.463 e.